The van der Waals surface area contributed by atoms with Crippen molar-refractivity contribution in [2.45, 2.75) is 66.8 Å². The fraction of sp³-hybridized carbons (Fsp3) is 0.800. The van der Waals surface area contributed by atoms with E-state index in [1.807, 2.05) is 11.3 Å². The van der Waals surface area contributed by atoms with Gasteiger partial charge in [-0.15, -0.1) is 11.3 Å². The summed E-state index contributed by atoms with van der Waals surface area (Å²) in [6, 6.07) is 0. The fourth-order valence-electron chi connectivity index (χ4n) is 1.90. The predicted molar refractivity (Wildman–Crippen MR) is 81.4 cm³/mol. The monoisotopic (exact) mass is 268 g/mol. The molecule has 0 unspecified atom stereocenters. The van der Waals surface area contributed by atoms with Crippen LogP contribution in [0, 0.1) is 5.41 Å². The zero-order valence-corrected chi connectivity index (χ0v) is 13.6. The van der Waals surface area contributed by atoms with Gasteiger partial charge in [0.2, 0.25) is 0 Å². The molecule has 0 aliphatic carbocycles. The summed E-state index contributed by atoms with van der Waals surface area (Å²) in [7, 11) is 0. The van der Waals surface area contributed by atoms with Gasteiger partial charge in [0.05, 0.1) is 10.7 Å². The summed E-state index contributed by atoms with van der Waals surface area (Å²) in [6.07, 6.45) is 2.26. The maximum absolute atomic E-state index is 4.85. The van der Waals surface area contributed by atoms with E-state index in [0.29, 0.717) is 11.3 Å². The molecule has 18 heavy (non-hydrogen) atoms. The van der Waals surface area contributed by atoms with Gasteiger partial charge >= 0.3 is 0 Å². The molecule has 0 bridgehead atoms. The molecule has 0 fully saturated rings. The molecular formula is C15H28N2S. The van der Waals surface area contributed by atoms with Crippen LogP contribution < -0.4 is 5.32 Å². The Balaban J connectivity index is 2.80. The molecule has 0 aromatic carbocycles. The number of aromatic nitrogens is 1. The minimum Gasteiger partial charge on any atom is -0.312 e. The Hall–Kier alpha value is -0.410. The summed E-state index contributed by atoms with van der Waals surface area (Å²) in [5.74, 6) is 0.522. The number of rotatable bonds is 6. The summed E-state index contributed by atoms with van der Waals surface area (Å²) in [4.78, 5) is 6.28. The van der Waals surface area contributed by atoms with Gasteiger partial charge < -0.3 is 5.32 Å². The van der Waals surface area contributed by atoms with E-state index in [-0.39, 0.29) is 0 Å². The van der Waals surface area contributed by atoms with Gasteiger partial charge in [-0.1, -0.05) is 41.5 Å². The van der Waals surface area contributed by atoms with Crippen molar-refractivity contribution in [3.05, 3.63) is 15.6 Å². The standard InChI is InChI=1S/C15H28N2S/c1-7-8-16-10-12-14(11(2)3)17-13(18-12)9-15(4,5)6/h11,16H,7-10H2,1-6H3. The molecule has 0 saturated carbocycles. The van der Waals surface area contributed by atoms with E-state index >= 15 is 0 Å². The second kappa shape index (κ2) is 6.67. The van der Waals surface area contributed by atoms with Crippen LogP contribution in [0.1, 0.15) is 69.5 Å². The van der Waals surface area contributed by atoms with Gasteiger partial charge in [-0.3, -0.25) is 0 Å². The summed E-state index contributed by atoms with van der Waals surface area (Å²) in [5.41, 5.74) is 1.61. The highest BCUT2D eigenvalue weighted by Gasteiger charge is 2.18. The average Bonchev–Trinajstić information content (AvgIpc) is 2.59. The first-order valence-electron chi connectivity index (χ1n) is 7.02. The summed E-state index contributed by atoms with van der Waals surface area (Å²) in [5, 5.41) is 4.78. The van der Waals surface area contributed by atoms with Gasteiger partial charge in [0, 0.05) is 17.8 Å². The topological polar surface area (TPSA) is 24.9 Å². The molecule has 1 aromatic heterocycles. The molecule has 0 saturated heterocycles. The normalized spacial score (nSPS) is 12.4. The predicted octanol–water partition coefficient (Wildman–Crippen LogP) is 4.35. The first-order chi connectivity index (χ1) is 8.33. The molecule has 1 heterocycles. The lowest BCUT2D eigenvalue weighted by Crippen LogP contribution is -2.14. The molecule has 0 atom stereocenters. The van der Waals surface area contributed by atoms with Gasteiger partial charge in [-0.25, -0.2) is 4.98 Å². The van der Waals surface area contributed by atoms with E-state index < -0.39 is 0 Å². The Bertz CT molecular complexity index is 361. The summed E-state index contributed by atoms with van der Waals surface area (Å²) in [6.45, 7) is 15.6. The van der Waals surface area contributed by atoms with Gasteiger partial charge in [-0.05, 0) is 24.3 Å². The maximum Gasteiger partial charge on any atom is 0.0936 e. The van der Waals surface area contributed by atoms with Crippen molar-refractivity contribution < 1.29 is 0 Å². The van der Waals surface area contributed by atoms with Crippen molar-refractivity contribution in [1.29, 1.82) is 0 Å². The molecule has 0 radical (unpaired) electrons. The average molecular weight is 268 g/mol. The number of thiazole rings is 1. The first kappa shape index (κ1) is 15.6. The summed E-state index contributed by atoms with van der Waals surface area (Å²) >= 11 is 1.89. The van der Waals surface area contributed by atoms with Crippen LogP contribution in [0.2, 0.25) is 0 Å². The van der Waals surface area contributed by atoms with Crippen molar-refractivity contribution in [1.82, 2.24) is 10.3 Å². The van der Waals surface area contributed by atoms with E-state index in [9.17, 15) is 0 Å². The van der Waals surface area contributed by atoms with Crippen molar-refractivity contribution in [2.24, 2.45) is 5.41 Å². The molecule has 104 valence electrons. The van der Waals surface area contributed by atoms with E-state index in [4.69, 9.17) is 4.98 Å². The Morgan fingerprint density at radius 3 is 2.44 bits per heavy atom. The molecule has 0 aliphatic heterocycles. The van der Waals surface area contributed by atoms with Crippen LogP contribution >= 0.6 is 11.3 Å². The number of hydrogen-bond donors (Lipinski definition) is 1. The number of hydrogen-bond acceptors (Lipinski definition) is 3. The van der Waals surface area contributed by atoms with Crippen molar-refractivity contribution in [2.75, 3.05) is 6.54 Å². The first-order valence-corrected chi connectivity index (χ1v) is 7.84. The molecule has 0 aliphatic rings. The molecule has 1 aromatic rings. The molecule has 1 rings (SSSR count). The minimum absolute atomic E-state index is 0.320. The molecule has 3 heteroatoms. The van der Waals surface area contributed by atoms with Crippen molar-refractivity contribution in [3.8, 4) is 0 Å². The van der Waals surface area contributed by atoms with E-state index in [0.717, 1.165) is 19.5 Å². The van der Waals surface area contributed by atoms with Gasteiger partial charge in [0.15, 0.2) is 0 Å². The third kappa shape index (κ3) is 5.07. The second-order valence-electron chi connectivity index (χ2n) is 6.48. The molecule has 0 spiro atoms. The van der Waals surface area contributed by atoms with Crippen LogP contribution in [0.15, 0.2) is 0 Å². The van der Waals surface area contributed by atoms with Crippen LogP contribution in [0.3, 0.4) is 0 Å². The zero-order valence-electron chi connectivity index (χ0n) is 12.8. The Kier molecular flexibility index (Phi) is 5.80. The summed E-state index contributed by atoms with van der Waals surface area (Å²) < 4.78 is 0. The van der Waals surface area contributed by atoms with Crippen LogP contribution in [0.25, 0.3) is 0 Å². The van der Waals surface area contributed by atoms with Gasteiger partial charge in [-0.2, -0.15) is 0 Å². The van der Waals surface area contributed by atoms with Crippen LogP contribution in [0.4, 0.5) is 0 Å². The highest BCUT2D eigenvalue weighted by Crippen LogP contribution is 2.29. The number of nitrogens with one attached hydrogen (secondary N) is 1. The molecule has 2 nitrogen and oxygen atoms in total. The molecule has 1 N–H and O–H groups in total. The highest BCUT2D eigenvalue weighted by atomic mass is 32.1. The largest absolute Gasteiger partial charge is 0.312 e. The van der Waals surface area contributed by atoms with E-state index in [1.54, 1.807) is 0 Å². The Morgan fingerprint density at radius 1 is 1.28 bits per heavy atom. The zero-order chi connectivity index (χ0) is 13.8. The lowest BCUT2D eigenvalue weighted by Gasteiger charge is -2.15. The van der Waals surface area contributed by atoms with Gasteiger partial charge in [0.1, 0.15) is 0 Å². The van der Waals surface area contributed by atoms with Crippen molar-refractivity contribution >= 4 is 11.3 Å². The van der Waals surface area contributed by atoms with E-state index in [2.05, 4.69) is 46.9 Å². The quantitative estimate of drug-likeness (QED) is 0.776. The number of nitrogens with zero attached hydrogens (tertiary/aromatic N) is 1. The smallest absolute Gasteiger partial charge is 0.0936 e. The van der Waals surface area contributed by atoms with Gasteiger partial charge in [0.25, 0.3) is 0 Å². The lowest BCUT2D eigenvalue weighted by molar-refractivity contribution is 0.410. The van der Waals surface area contributed by atoms with E-state index in [1.165, 1.54) is 22.0 Å². The van der Waals surface area contributed by atoms with Crippen LogP contribution in [-0.2, 0) is 13.0 Å². The second-order valence-corrected chi connectivity index (χ2v) is 7.65. The van der Waals surface area contributed by atoms with Crippen LogP contribution in [0.5, 0.6) is 0 Å². The van der Waals surface area contributed by atoms with Crippen molar-refractivity contribution in [3.63, 3.8) is 0 Å². The molecular weight excluding hydrogens is 240 g/mol. The Labute approximate surface area is 116 Å². The minimum atomic E-state index is 0.320. The van der Waals surface area contributed by atoms with Crippen LogP contribution in [-0.4, -0.2) is 11.5 Å². The SMILES string of the molecule is CCCNCc1sc(CC(C)(C)C)nc1C(C)C. The Morgan fingerprint density at radius 2 is 1.94 bits per heavy atom. The molecule has 0 amide bonds. The third-order valence-electron chi connectivity index (χ3n) is 2.71. The highest BCUT2D eigenvalue weighted by molar-refractivity contribution is 7.11. The third-order valence-corrected chi connectivity index (χ3v) is 3.78. The maximum atomic E-state index is 4.85. The lowest BCUT2D eigenvalue weighted by atomic mass is 9.93. The fourth-order valence-corrected chi connectivity index (χ4v) is 3.39.